The van der Waals surface area contributed by atoms with E-state index in [1.165, 1.54) is 11.1 Å². The Morgan fingerprint density at radius 3 is 2.78 bits per heavy atom. The van der Waals surface area contributed by atoms with Gasteiger partial charge in [-0.3, -0.25) is 16.3 Å². The highest BCUT2D eigenvalue weighted by Gasteiger charge is 2.14. The molecule has 0 aliphatic carbocycles. The second-order valence-corrected chi connectivity index (χ2v) is 4.65. The van der Waals surface area contributed by atoms with Gasteiger partial charge in [0.05, 0.1) is 11.1 Å². The third kappa shape index (κ3) is 2.88. The molecule has 0 amide bonds. The Morgan fingerprint density at radius 1 is 1.33 bits per heavy atom. The minimum absolute atomic E-state index is 0.0124. The van der Waals surface area contributed by atoms with Crippen molar-refractivity contribution in [2.24, 2.45) is 5.84 Å². The van der Waals surface area contributed by atoms with E-state index in [9.17, 15) is 0 Å². The van der Waals surface area contributed by atoms with E-state index in [4.69, 9.17) is 17.4 Å². The first-order valence-corrected chi connectivity index (χ1v) is 6.20. The maximum absolute atomic E-state index is 6.15. The lowest BCUT2D eigenvalue weighted by molar-refractivity contribution is 0.550. The molecule has 0 aliphatic rings. The predicted octanol–water partition coefficient (Wildman–Crippen LogP) is 2.79. The summed E-state index contributed by atoms with van der Waals surface area (Å²) >= 11 is 6.15. The van der Waals surface area contributed by atoms with Crippen molar-refractivity contribution in [2.75, 3.05) is 0 Å². The zero-order valence-electron chi connectivity index (χ0n) is 10.2. The van der Waals surface area contributed by atoms with Gasteiger partial charge in [-0.25, -0.2) is 0 Å². The highest BCUT2D eigenvalue weighted by Crippen LogP contribution is 2.25. The lowest BCUT2D eigenvalue weighted by Crippen LogP contribution is -2.30. The molecule has 18 heavy (non-hydrogen) atoms. The normalized spacial score (nSPS) is 12.4. The monoisotopic (exact) mass is 261 g/mol. The van der Waals surface area contributed by atoms with Gasteiger partial charge in [-0.2, -0.15) is 0 Å². The molecule has 0 radical (unpaired) electrons. The zero-order chi connectivity index (χ0) is 13.0. The molecule has 0 spiro atoms. The van der Waals surface area contributed by atoms with Gasteiger partial charge in [0.15, 0.2) is 0 Å². The molecule has 4 heteroatoms. The highest BCUT2D eigenvalue weighted by atomic mass is 35.5. The van der Waals surface area contributed by atoms with Crippen molar-refractivity contribution < 1.29 is 0 Å². The van der Waals surface area contributed by atoms with Gasteiger partial charge in [0.25, 0.3) is 0 Å². The summed E-state index contributed by atoms with van der Waals surface area (Å²) in [5, 5.41) is 0.633. The van der Waals surface area contributed by atoms with E-state index >= 15 is 0 Å². The van der Waals surface area contributed by atoms with Crippen LogP contribution in [0.2, 0.25) is 5.02 Å². The molecule has 1 aromatic carbocycles. The molecule has 1 heterocycles. The van der Waals surface area contributed by atoms with E-state index in [0.717, 1.165) is 12.0 Å². The van der Waals surface area contributed by atoms with Gasteiger partial charge in [-0.15, -0.1) is 0 Å². The smallest absolute Gasteiger partial charge is 0.0637 e. The number of hydrogen-bond acceptors (Lipinski definition) is 3. The van der Waals surface area contributed by atoms with Gasteiger partial charge in [0, 0.05) is 12.4 Å². The summed E-state index contributed by atoms with van der Waals surface area (Å²) in [6.45, 7) is 2.09. The number of aryl methyl sites for hydroxylation is 1. The largest absolute Gasteiger partial charge is 0.271 e. The maximum Gasteiger partial charge on any atom is 0.0637 e. The Balaban J connectivity index is 2.26. The third-order valence-electron chi connectivity index (χ3n) is 3.07. The second-order valence-electron chi connectivity index (χ2n) is 4.25. The minimum Gasteiger partial charge on any atom is -0.271 e. The number of hydrogen-bond donors (Lipinski definition) is 2. The van der Waals surface area contributed by atoms with Crippen LogP contribution in [-0.2, 0) is 6.42 Å². The Morgan fingerprint density at radius 2 is 2.11 bits per heavy atom. The molecule has 0 fully saturated rings. The SMILES string of the molecule is Cc1ccccc1CC(NN)c1ccncc1Cl. The van der Waals surface area contributed by atoms with Crippen molar-refractivity contribution in [3.05, 3.63) is 64.4 Å². The second kappa shape index (κ2) is 5.96. The van der Waals surface area contributed by atoms with Crippen LogP contribution in [-0.4, -0.2) is 4.98 Å². The molecule has 94 valence electrons. The van der Waals surface area contributed by atoms with Crippen molar-refractivity contribution in [1.82, 2.24) is 10.4 Å². The number of benzene rings is 1. The first-order valence-electron chi connectivity index (χ1n) is 5.82. The average Bonchev–Trinajstić information content (AvgIpc) is 2.39. The summed E-state index contributed by atoms with van der Waals surface area (Å²) < 4.78 is 0. The van der Waals surface area contributed by atoms with E-state index in [0.29, 0.717) is 5.02 Å². The number of nitrogens with two attached hydrogens (primary N) is 1. The van der Waals surface area contributed by atoms with Crippen LogP contribution in [0.25, 0.3) is 0 Å². The number of aromatic nitrogens is 1. The summed E-state index contributed by atoms with van der Waals surface area (Å²) in [7, 11) is 0. The lowest BCUT2D eigenvalue weighted by atomic mass is 9.97. The van der Waals surface area contributed by atoms with Crippen LogP contribution >= 0.6 is 11.6 Å². The van der Waals surface area contributed by atoms with Crippen LogP contribution in [0.5, 0.6) is 0 Å². The minimum atomic E-state index is -0.0124. The fraction of sp³-hybridized carbons (Fsp3) is 0.214. The molecule has 0 saturated carbocycles. The summed E-state index contributed by atoms with van der Waals surface area (Å²) in [5.74, 6) is 5.64. The van der Waals surface area contributed by atoms with Crippen molar-refractivity contribution >= 4 is 11.6 Å². The van der Waals surface area contributed by atoms with Crippen LogP contribution in [0.4, 0.5) is 0 Å². The van der Waals surface area contributed by atoms with Crippen molar-refractivity contribution in [3.8, 4) is 0 Å². The number of nitrogens with one attached hydrogen (secondary N) is 1. The molecule has 0 bridgehead atoms. The number of halogens is 1. The molecule has 2 rings (SSSR count). The van der Waals surface area contributed by atoms with E-state index < -0.39 is 0 Å². The summed E-state index contributed by atoms with van der Waals surface area (Å²) in [5.41, 5.74) is 6.30. The lowest BCUT2D eigenvalue weighted by Gasteiger charge is -2.18. The number of nitrogens with zero attached hydrogens (tertiary/aromatic N) is 1. The molecule has 3 nitrogen and oxygen atoms in total. The molecule has 0 aliphatic heterocycles. The molecular weight excluding hydrogens is 246 g/mol. The van der Waals surface area contributed by atoms with Crippen LogP contribution < -0.4 is 11.3 Å². The van der Waals surface area contributed by atoms with E-state index in [1.54, 1.807) is 12.4 Å². The van der Waals surface area contributed by atoms with Crippen molar-refractivity contribution in [2.45, 2.75) is 19.4 Å². The Labute approximate surface area is 112 Å². The Bertz CT molecular complexity index is 528. The maximum atomic E-state index is 6.15. The van der Waals surface area contributed by atoms with Gasteiger partial charge >= 0.3 is 0 Å². The number of rotatable bonds is 4. The van der Waals surface area contributed by atoms with Gasteiger partial charge < -0.3 is 0 Å². The van der Waals surface area contributed by atoms with Gasteiger partial charge in [0.1, 0.15) is 0 Å². The summed E-state index contributed by atoms with van der Waals surface area (Å²) in [4.78, 5) is 3.99. The van der Waals surface area contributed by atoms with E-state index in [2.05, 4.69) is 29.5 Å². The van der Waals surface area contributed by atoms with Crippen LogP contribution in [0.1, 0.15) is 22.7 Å². The van der Waals surface area contributed by atoms with Gasteiger partial charge in [-0.05, 0) is 36.1 Å². The molecule has 1 unspecified atom stereocenters. The molecule has 1 atom stereocenters. The van der Waals surface area contributed by atoms with E-state index in [-0.39, 0.29) is 6.04 Å². The molecule has 3 N–H and O–H groups in total. The summed E-state index contributed by atoms with van der Waals surface area (Å²) in [6, 6.07) is 10.1. The Hall–Kier alpha value is -1.42. The quantitative estimate of drug-likeness (QED) is 0.657. The van der Waals surface area contributed by atoms with Crippen molar-refractivity contribution in [3.63, 3.8) is 0 Å². The fourth-order valence-electron chi connectivity index (χ4n) is 1.99. The highest BCUT2D eigenvalue weighted by molar-refractivity contribution is 6.31. The average molecular weight is 262 g/mol. The molecule has 2 aromatic rings. The van der Waals surface area contributed by atoms with Crippen molar-refractivity contribution in [1.29, 1.82) is 0 Å². The van der Waals surface area contributed by atoms with Crippen LogP contribution in [0.15, 0.2) is 42.7 Å². The Kier molecular flexibility index (Phi) is 4.31. The standard InChI is InChI=1S/C14H16ClN3/c1-10-4-2-3-5-11(10)8-14(18-16)12-6-7-17-9-13(12)15/h2-7,9,14,18H,8,16H2,1H3. The molecular formula is C14H16ClN3. The number of hydrazine groups is 1. The van der Waals surface area contributed by atoms with Crippen LogP contribution in [0.3, 0.4) is 0 Å². The molecule has 0 saturated heterocycles. The van der Waals surface area contributed by atoms with E-state index in [1.807, 2.05) is 18.2 Å². The first-order chi connectivity index (χ1) is 8.72. The third-order valence-corrected chi connectivity index (χ3v) is 3.38. The first kappa shape index (κ1) is 13.0. The topological polar surface area (TPSA) is 50.9 Å². The van der Waals surface area contributed by atoms with Gasteiger partial charge in [0.2, 0.25) is 0 Å². The zero-order valence-corrected chi connectivity index (χ0v) is 11.0. The number of pyridine rings is 1. The fourth-order valence-corrected chi connectivity index (χ4v) is 2.24. The van der Waals surface area contributed by atoms with Crippen LogP contribution in [0, 0.1) is 6.92 Å². The summed E-state index contributed by atoms with van der Waals surface area (Å²) in [6.07, 6.45) is 4.16. The molecule has 1 aromatic heterocycles. The predicted molar refractivity (Wildman–Crippen MR) is 74.2 cm³/mol. The van der Waals surface area contributed by atoms with Gasteiger partial charge in [-0.1, -0.05) is 35.9 Å².